The molecule has 0 radical (unpaired) electrons. The molecule has 0 saturated carbocycles. The normalized spacial score (nSPS) is 16.0. The molecular formula is C17H28N2O2. The molecular weight excluding hydrogens is 264 g/mol. The van der Waals surface area contributed by atoms with E-state index in [1.807, 2.05) is 6.92 Å². The number of hydrogen-bond acceptors (Lipinski definition) is 4. The second-order valence-corrected chi connectivity index (χ2v) is 6.10. The molecule has 2 rings (SSSR count). The van der Waals surface area contributed by atoms with Gasteiger partial charge in [0.15, 0.2) is 0 Å². The molecule has 0 amide bonds. The van der Waals surface area contributed by atoms with Crippen molar-refractivity contribution in [1.29, 1.82) is 0 Å². The third-order valence-corrected chi connectivity index (χ3v) is 3.57. The zero-order valence-electron chi connectivity index (χ0n) is 13.5. The molecule has 2 N–H and O–H groups in total. The van der Waals surface area contributed by atoms with E-state index in [1.165, 1.54) is 5.56 Å². The fourth-order valence-corrected chi connectivity index (χ4v) is 2.40. The first-order valence-electron chi connectivity index (χ1n) is 7.95. The van der Waals surface area contributed by atoms with Crippen LogP contribution in [0.5, 0.6) is 5.75 Å². The summed E-state index contributed by atoms with van der Waals surface area (Å²) < 4.78 is 11.3. The van der Waals surface area contributed by atoms with E-state index in [-0.39, 0.29) is 5.60 Å². The molecule has 1 aliphatic rings. The highest BCUT2D eigenvalue weighted by Gasteiger charge is 2.25. The second kappa shape index (κ2) is 7.66. The molecule has 0 aromatic heterocycles. The van der Waals surface area contributed by atoms with E-state index in [2.05, 4.69) is 42.7 Å². The second-order valence-electron chi connectivity index (χ2n) is 6.10. The summed E-state index contributed by atoms with van der Waals surface area (Å²) in [5.74, 6) is 0.958. The number of nitrogens with one attached hydrogen (secondary N) is 2. The minimum absolute atomic E-state index is 0.128. The van der Waals surface area contributed by atoms with Crippen molar-refractivity contribution < 1.29 is 9.47 Å². The van der Waals surface area contributed by atoms with Gasteiger partial charge in [-0.2, -0.15) is 0 Å². The topological polar surface area (TPSA) is 42.5 Å². The number of ether oxygens (including phenoxy) is 2. The van der Waals surface area contributed by atoms with Crippen LogP contribution < -0.4 is 15.4 Å². The van der Waals surface area contributed by atoms with Gasteiger partial charge >= 0.3 is 0 Å². The van der Waals surface area contributed by atoms with Gasteiger partial charge in [-0.1, -0.05) is 6.07 Å². The van der Waals surface area contributed by atoms with Crippen LogP contribution in [-0.4, -0.2) is 38.4 Å². The Labute approximate surface area is 128 Å². The fraction of sp³-hybridized carbons (Fsp3) is 0.647. The Kier molecular flexibility index (Phi) is 5.88. The maximum Gasteiger partial charge on any atom is 0.143 e. The van der Waals surface area contributed by atoms with Gasteiger partial charge in [-0.25, -0.2) is 0 Å². The Hall–Kier alpha value is -1.26. The number of benzene rings is 1. The van der Waals surface area contributed by atoms with Crippen molar-refractivity contribution in [1.82, 2.24) is 5.32 Å². The van der Waals surface area contributed by atoms with Crippen molar-refractivity contribution in [2.24, 2.45) is 0 Å². The predicted octanol–water partition coefficient (Wildman–Crippen LogP) is 2.83. The minimum Gasteiger partial charge on any atom is -0.484 e. The van der Waals surface area contributed by atoms with Gasteiger partial charge in [0.05, 0.1) is 12.2 Å². The molecule has 1 aromatic rings. The highest BCUT2D eigenvalue weighted by molar-refractivity contribution is 5.60. The average molecular weight is 292 g/mol. The molecule has 0 saturated heterocycles. The molecule has 0 atom stereocenters. The highest BCUT2D eigenvalue weighted by Crippen LogP contribution is 2.33. The van der Waals surface area contributed by atoms with E-state index >= 15 is 0 Å². The highest BCUT2D eigenvalue weighted by atomic mass is 16.5. The molecule has 1 aromatic carbocycles. The minimum atomic E-state index is -0.128. The van der Waals surface area contributed by atoms with E-state index in [0.29, 0.717) is 0 Å². The van der Waals surface area contributed by atoms with Crippen LogP contribution >= 0.6 is 0 Å². The van der Waals surface area contributed by atoms with Crippen molar-refractivity contribution >= 4 is 5.69 Å². The molecule has 0 spiro atoms. The molecule has 0 aliphatic carbocycles. The first-order valence-corrected chi connectivity index (χ1v) is 7.95. The number of fused-ring (bicyclic) bond motifs is 1. The lowest BCUT2D eigenvalue weighted by Crippen LogP contribution is -2.40. The zero-order chi connectivity index (χ0) is 15.1. The van der Waals surface area contributed by atoms with Crippen LogP contribution in [0, 0.1) is 0 Å². The van der Waals surface area contributed by atoms with Crippen LogP contribution in [0.3, 0.4) is 0 Å². The van der Waals surface area contributed by atoms with Gasteiger partial charge in [-0.15, -0.1) is 0 Å². The van der Waals surface area contributed by atoms with Crippen molar-refractivity contribution in [2.45, 2.75) is 39.2 Å². The lowest BCUT2D eigenvalue weighted by atomic mass is 10.0. The van der Waals surface area contributed by atoms with Crippen molar-refractivity contribution in [2.75, 3.05) is 38.2 Å². The number of anilines is 1. The smallest absolute Gasteiger partial charge is 0.143 e. The lowest BCUT2D eigenvalue weighted by molar-refractivity contribution is 0.116. The van der Waals surface area contributed by atoms with E-state index < -0.39 is 0 Å². The predicted molar refractivity (Wildman–Crippen MR) is 87.3 cm³/mol. The van der Waals surface area contributed by atoms with E-state index in [1.54, 1.807) is 0 Å². The third kappa shape index (κ3) is 5.21. The summed E-state index contributed by atoms with van der Waals surface area (Å²) in [6.45, 7) is 10.7. The van der Waals surface area contributed by atoms with Gasteiger partial charge < -0.3 is 20.1 Å². The Morgan fingerprint density at radius 3 is 3.00 bits per heavy atom. The zero-order valence-corrected chi connectivity index (χ0v) is 13.5. The van der Waals surface area contributed by atoms with Crippen molar-refractivity contribution in [3.8, 4) is 5.75 Å². The average Bonchev–Trinajstić information content (AvgIpc) is 2.46. The lowest BCUT2D eigenvalue weighted by Gasteiger charge is -2.33. The Bertz CT molecular complexity index is 446. The van der Waals surface area contributed by atoms with Gasteiger partial charge in [0.1, 0.15) is 11.4 Å². The summed E-state index contributed by atoms with van der Waals surface area (Å²) >= 11 is 0. The van der Waals surface area contributed by atoms with Gasteiger partial charge in [0.2, 0.25) is 0 Å². The van der Waals surface area contributed by atoms with Crippen LogP contribution in [0.4, 0.5) is 5.69 Å². The summed E-state index contributed by atoms with van der Waals surface area (Å²) in [5, 5.41) is 6.91. The first kappa shape index (κ1) is 16.1. The summed E-state index contributed by atoms with van der Waals surface area (Å²) in [7, 11) is 0. The number of hydrogen-bond donors (Lipinski definition) is 2. The largest absolute Gasteiger partial charge is 0.484 e. The maximum absolute atomic E-state index is 5.96. The van der Waals surface area contributed by atoms with E-state index in [9.17, 15) is 0 Å². The molecule has 0 bridgehead atoms. The SMILES string of the molecule is CCOCCCNCCc1ccc2c(c1)NCC(C)(C)O2. The van der Waals surface area contributed by atoms with Crippen LogP contribution in [0.1, 0.15) is 32.8 Å². The van der Waals surface area contributed by atoms with Gasteiger partial charge in [0, 0.05) is 13.2 Å². The monoisotopic (exact) mass is 292 g/mol. The summed E-state index contributed by atoms with van der Waals surface area (Å²) in [5.41, 5.74) is 2.32. The standard InChI is InChI=1S/C17H28N2O2/c1-4-20-11-5-9-18-10-8-14-6-7-16-15(12-14)19-13-17(2,3)21-16/h6-7,12,18-19H,4-5,8-11,13H2,1-3H3. The van der Waals surface area contributed by atoms with Crippen molar-refractivity contribution in [3.63, 3.8) is 0 Å². The molecule has 1 aliphatic heterocycles. The molecule has 118 valence electrons. The van der Waals surface area contributed by atoms with Crippen LogP contribution in [0.25, 0.3) is 0 Å². The van der Waals surface area contributed by atoms with Gasteiger partial charge in [-0.05, 0) is 64.4 Å². The third-order valence-electron chi connectivity index (χ3n) is 3.57. The van der Waals surface area contributed by atoms with Crippen LogP contribution in [-0.2, 0) is 11.2 Å². The first-order chi connectivity index (χ1) is 10.1. The van der Waals surface area contributed by atoms with E-state index in [0.717, 1.165) is 57.1 Å². The molecule has 21 heavy (non-hydrogen) atoms. The number of rotatable bonds is 8. The Balaban J connectivity index is 1.73. The molecule has 1 heterocycles. The summed E-state index contributed by atoms with van der Waals surface area (Å²) in [4.78, 5) is 0. The van der Waals surface area contributed by atoms with Gasteiger partial charge in [0.25, 0.3) is 0 Å². The maximum atomic E-state index is 5.96. The molecule has 0 fully saturated rings. The Morgan fingerprint density at radius 1 is 1.33 bits per heavy atom. The Morgan fingerprint density at radius 2 is 2.19 bits per heavy atom. The van der Waals surface area contributed by atoms with E-state index in [4.69, 9.17) is 9.47 Å². The quantitative estimate of drug-likeness (QED) is 0.723. The molecule has 0 unspecified atom stereocenters. The van der Waals surface area contributed by atoms with Crippen molar-refractivity contribution in [3.05, 3.63) is 23.8 Å². The van der Waals surface area contributed by atoms with Gasteiger partial charge in [-0.3, -0.25) is 0 Å². The molecule has 4 nitrogen and oxygen atoms in total. The van der Waals surface area contributed by atoms with Crippen LogP contribution in [0.15, 0.2) is 18.2 Å². The van der Waals surface area contributed by atoms with Crippen LogP contribution in [0.2, 0.25) is 0 Å². The summed E-state index contributed by atoms with van der Waals surface area (Å²) in [6, 6.07) is 6.43. The molecule has 4 heteroatoms. The summed E-state index contributed by atoms with van der Waals surface area (Å²) in [6.07, 6.45) is 2.11. The fourth-order valence-electron chi connectivity index (χ4n) is 2.40.